The van der Waals surface area contributed by atoms with Crippen molar-refractivity contribution in [3.63, 3.8) is 0 Å². The van der Waals surface area contributed by atoms with Crippen molar-refractivity contribution in [2.75, 3.05) is 24.6 Å². The van der Waals surface area contributed by atoms with E-state index in [-0.39, 0.29) is 11.9 Å². The molecule has 0 spiro atoms. The fourth-order valence-electron chi connectivity index (χ4n) is 2.94. The molecule has 2 aliphatic heterocycles. The highest BCUT2D eigenvalue weighted by molar-refractivity contribution is 6.62. The molecular weight excluding hydrogens is 296 g/mol. The van der Waals surface area contributed by atoms with Crippen LogP contribution >= 0.6 is 0 Å². The second-order valence-corrected chi connectivity index (χ2v) is 7.43. The Balaban J connectivity index is 1.80. The van der Waals surface area contributed by atoms with Crippen molar-refractivity contribution in [3.05, 3.63) is 24.0 Å². The lowest BCUT2D eigenvalue weighted by atomic mass is 9.79. The SMILES string of the molecule is C[C@@H]1CN(c2ccc(B3OC(C)(C)C(C)(C)O3)cc2F)CCO1. The van der Waals surface area contributed by atoms with Crippen LogP contribution in [0.1, 0.15) is 34.6 Å². The first-order valence-electron chi connectivity index (χ1n) is 8.21. The Bertz CT molecular complexity index is 577. The molecule has 0 aliphatic carbocycles. The molecular formula is C17H25BFNO3. The van der Waals surface area contributed by atoms with E-state index in [0.717, 1.165) is 0 Å². The molecule has 4 nitrogen and oxygen atoms in total. The molecule has 126 valence electrons. The Labute approximate surface area is 138 Å². The highest BCUT2D eigenvalue weighted by Gasteiger charge is 2.51. The first-order chi connectivity index (χ1) is 10.7. The molecule has 1 atom stereocenters. The van der Waals surface area contributed by atoms with Gasteiger partial charge in [-0.2, -0.15) is 0 Å². The number of morpholine rings is 1. The van der Waals surface area contributed by atoms with Crippen molar-refractivity contribution >= 4 is 18.3 Å². The van der Waals surface area contributed by atoms with E-state index in [2.05, 4.69) is 0 Å². The van der Waals surface area contributed by atoms with Crippen LogP contribution in [0.4, 0.5) is 10.1 Å². The zero-order valence-electron chi connectivity index (χ0n) is 14.6. The predicted octanol–water partition coefficient (Wildman–Crippen LogP) is 2.35. The Hall–Kier alpha value is -1.11. The number of hydrogen-bond acceptors (Lipinski definition) is 4. The van der Waals surface area contributed by atoms with E-state index in [1.54, 1.807) is 0 Å². The zero-order chi connectivity index (χ0) is 16.8. The summed E-state index contributed by atoms with van der Waals surface area (Å²) in [6, 6.07) is 5.23. The number of hydrogen-bond donors (Lipinski definition) is 0. The summed E-state index contributed by atoms with van der Waals surface area (Å²) in [4.78, 5) is 2.03. The Morgan fingerprint density at radius 1 is 1.17 bits per heavy atom. The van der Waals surface area contributed by atoms with Crippen LogP contribution in [0.3, 0.4) is 0 Å². The number of halogens is 1. The zero-order valence-corrected chi connectivity index (χ0v) is 14.6. The molecule has 0 radical (unpaired) electrons. The molecule has 0 bridgehead atoms. The fourth-order valence-corrected chi connectivity index (χ4v) is 2.94. The van der Waals surface area contributed by atoms with Gasteiger partial charge >= 0.3 is 7.12 Å². The quantitative estimate of drug-likeness (QED) is 0.783. The van der Waals surface area contributed by atoms with Crippen LogP contribution in [-0.4, -0.2) is 44.1 Å². The van der Waals surface area contributed by atoms with E-state index in [4.69, 9.17) is 14.0 Å². The van der Waals surface area contributed by atoms with Crippen molar-refractivity contribution in [3.8, 4) is 0 Å². The van der Waals surface area contributed by atoms with Crippen molar-refractivity contribution in [2.24, 2.45) is 0 Å². The van der Waals surface area contributed by atoms with Gasteiger partial charge < -0.3 is 18.9 Å². The number of anilines is 1. The summed E-state index contributed by atoms with van der Waals surface area (Å²) in [7, 11) is -0.535. The van der Waals surface area contributed by atoms with Gasteiger partial charge in [-0.3, -0.25) is 0 Å². The normalized spacial score (nSPS) is 26.6. The summed E-state index contributed by atoms with van der Waals surface area (Å²) in [6.07, 6.45) is 0.117. The van der Waals surface area contributed by atoms with Gasteiger partial charge in [0.05, 0.1) is 29.6 Å². The summed E-state index contributed by atoms with van der Waals surface area (Å²) in [5, 5.41) is 0. The molecule has 1 aromatic rings. The molecule has 0 aromatic heterocycles. The van der Waals surface area contributed by atoms with Gasteiger partial charge in [-0.1, -0.05) is 6.07 Å². The summed E-state index contributed by atoms with van der Waals surface area (Å²) >= 11 is 0. The van der Waals surface area contributed by atoms with Crippen molar-refractivity contribution in [1.29, 1.82) is 0 Å². The third-order valence-corrected chi connectivity index (χ3v) is 5.08. The molecule has 2 saturated heterocycles. The van der Waals surface area contributed by atoms with E-state index in [1.807, 2.05) is 51.7 Å². The molecule has 1 aromatic carbocycles. The maximum atomic E-state index is 14.6. The van der Waals surface area contributed by atoms with Crippen LogP contribution in [0.15, 0.2) is 18.2 Å². The highest BCUT2D eigenvalue weighted by Crippen LogP contribution is 2.36. The third kappa shape index (κ3) is 3.12. The van der Waals surface area contributed by atoms with Crippen LogP contribution in [0.2, 0.25) is 0 Å². The van der Waals surface area contributed by atoms with Crippen molar-refractivity contribution in [2.45, 2.75) is 51.9 Å². The van der Waals surface area contributed by atoms with Gasteiger partial charge in [0.2, 0.25) is 0 Å². The first-order valence-corrected chi connectivity index (χ1v) is 8.21. The first kappa shape index (κ1) is 16.7. The van der Waals surface area contributed by atoms with Crippen molar-refractivity contribution in [1.82, 2.24) is 0 Å². The summed E-state index contributed by atoms with van der Waals surface area (Å²) in [6.45, 7) is 12.0. The second-order valence-electron chi connectivity index (χ2n) is 7.43. The van der Waals surface area contributed by atoms with Crippen LogP contribution < -0.4 is 10.4 Å². The monoisotopic (exact) mass is 321 g/mol. The molecule has 2 fully saturated rings. The van der Waals surface area contributed by atoms with Crippen LogP contribution in [-0.2, 0) is 14.0 Å². The van der Waals surface area contributed by atoms with Gasteiger partial charge in [0.25, 0.3) is 0 Å². The maximum absolute atomic E-state index is 14.6. The van der Waals surface area contributed by atoms with E-state index in [1.165, 1.54) is 6.07 Å². The average Bonchev–Trinajstić information content (AvgIpc) is 2.67. The minimum atomic E-state index is -0.535. The summed E-state index contributed by atoms with van der Waals surface area (Å²) in [5.41, 5.74) is 0.477. The number of benzene rings is 1. The van der Waals surface area contributed by atoms with Gasteiger partial charge in [0, 0.05) is 13.1 Å². The number of nitrogens with zero attached hydrogens (tertiary/aromatic N) is 1. The van der Waals surface area contributed by atoms with E-state index < -0.39 is 18.3 Å². The standard InChI is InChI=1S/C17H25BFNO3/c1-12-11-20(8-9-21-12)15-7-6-13(10-14(15)19)18-22-16(2,3)17(4,5)23-18/h6-7,10,12H,8-9,11H2,1-5H3/t12-/m1/s1. The molecule has 0 unspecified atom stereocenters. The predicted molar refractivity (Wildman–Crippen MR) is 89.7 cm³/mol. The minimum Gasteiger partial charge on any atom is -0.399 e. The molecule has 0 amide bonds. The molecule has 6 heteroatoms. The number of ether oxygens (including phenoxy) is 1. The smallest absolute Gasteiger partial charge is 0.399 e. The maximum Gasteiger partial charge on any atom is 0.494 e. The summed E-state index contributed by atoms with van der Waals surface area (Å²) in [5.74, 6) is -0.244. The largest absolute Gasteiger partial charge is 0.494 e. The van der Waals surface area contributed by atoms with Gasteiger partial charge in [-0.05, 0) is 52.2 Å². The van der Waals surface area contributed by atoms with E-state index >= 15 is 0 Å². The molecule has 0 saturated carbocycles. The topological polar surface area (TPSA) is 30.9 Å². The lowest BCUT2D eigenvalue weighted by molar-refractivity contribution is 0.00578. The Morgan fingerprint density at radius 2 is 1.83 bits per heavy atom. The molecule has 2 heterocycles. The highest BCUT2D eigenvalue weighted by atomic mass is 19.1. The van der Waals surface area contributed by atoms with Gasteiger partial charge in [-0.25, -0.2) is 4.39 Å². The minimum absolute atomic E-state index is 0.117. The van der Waals surface area contributed by atoms with Crippen LogP contribution in [0.25, 0.3) is 0 Å². The van der Waals surface area contributed by atoms with E-state index in [9.17, 15) is 4.39 Å². The molecule has 2 aliphatic rings. The molecule has 0 N–H and O–H groups in total. The third-order valence-electron chi connectivity index (χ3n) is 5.08. The molecule has 23 heavy (non-hydrogen) atoms. The van der Waals surface area contributed by atoms with Gasteiger partial charge in [-0.15, -0.1) is 0 Å². The van der Waals surface area contributed by atoms with Crippen molar-refractivity contribution < 1.29 is 18.4 Å². The van der Waals surface area contributed by atoms with Crippen LogP contribution in [0, 0.1) is 5.82 Å². The average molecular weight is 321 g/mol. The van der Waals surface area contributed by atoms with Gasteiger partial charge in [0.1, 0.15) is 5.82 Å². The van der Waals surface area contributed by atoms with Crippen LogP contribution in [0.5, 0.6) is 0 Å². The Morgan fingerprint density at radius 3 is 2.39 bits per heavy atom. The lowest BCUT2D eigenvalue weighted by Gasteiger charge is -2.33. The van der Waals surface area contributed by atoms with Gasteiger partial charge in [0.15, 0.2) is 0 Å². The Kier molecular flexibility index (Phi) is 4.19. The summed E-state index contributed by atoms with van der Waals surface area (Å²) < 4.78 is 32.1. The molecule has 3 rings (SSSR count). The second kappa shape index (κ2) is 5.76. The van der Waals surface area contributed by atoms with E-state index in [0.29, 0.717) is 30.8 Å². The lowest BCUT2D eigenvalue weighted by Crippen LogP contribution is -2.42. The fraction of sp³-hybridized carbons (Fsp3) is 0.647. The number of rotatable bonds is 2.